The van der Waals surface area contributed by atoms with E-state index in [1.165, 1.54) is 0 Å². The molecule has 1 fully saturated rings. The van der Waals surface area contributed by atoms with Crippen molar-refractivity contribution in [2.24, 2.45) is 0 Å². The van der Waals surface area contributed by atoms with Gasteiger partial charge >= 0.3 is 5.97 Å². The second kappa shape index (κ2) is 9.19. The Labute approximate surface area is 174 Å². The van der Waals surface area contributed by atoms with Crippen LogP contribution in [0.3, 0.4) is 0 Å². The van der Waals surface area contributed by atoms with E-state index >= 15 is 0 Å². The monoisotopic (exact) mass is 403 g/mol. The first kappa shape index (κ1) is 19.6. The number of morpholine rings is 1. The van der Waals surface area contributed by atoms with Crippen LogP contribution >= 0.6 is 0 Å². The number of amides is 1. The van der Waals surface area contributed by atoms with Crippen LogP contribution in [0, 0.1) is 0 Å². The molecule has 4 rings (SSSR count). The lowest BCUT2D eigenvalue weighted by atomic mass is 10.2. The number of aromatic nitrogens is 1. The highest BCUT2D eigenvalue weighted by Gasteiger charge is 2.16. The van der Waals surface area contributed by atoms with E-state index in [4.69, 9.17) is 9.47 Å². The molecule has 1 aliphatic rings. The van der Waals surface area contributed by atoms with E-state index in [1.807, 2.05) is 12.1 Å². The molecule has 0 spiro atoms. The third-order valence-electron chi connectivity index (χ3n) is 4.69. The number of nitrogens with one attached hydrogen (secondary N) is 1. The van der Waals surface area contributed by atoms with Crippen LogP contribution in [0.2, 0.25) is 0 Å². The summed E-state index contributed by atoms with van der Waals surface area (Å²) in [6.45, 7) is 2.87. The number of anilines is 2. The second-order valence-corrected chi connectivity index (χ2v) is 6.73. The van der Waals surface area contributed by atoms with Crippen LogP contribution in [0.15, 0.2) is 72.9 Å². The van der Waals surface area contributed by atoms with Gasteiger partial charge in [0.05, 0.1) is 13.2 Å². The van der Waals surface area contributed by atoms with Gasteiger partial charge in [-0.2, -0.15) is 0 Å². The number of pyridine rings is 1. The Morgan fingerprint density at radius 1 is 0.967 bits per heavy atom. The van der Waals surface area contributed by atoms with Crippen molar-refractivity contribution >= 4 is 23.3 Å². The lowest BCUT2D eigenvalue weighted by Gasteiger charge is -2.28. The first-order valence-electron chi connectivity index (χ1n) is 9.66. The minimum absolute atomic E-state index is 0.204. The van der Waals surface area contributed by atoms with Crippen molar-refractivity contribution < 1.29 is 19.1 Å². The molecular formula is C23H21N3O4. The molecule has 1 saturated heterocycles. The van der Waals surface area contributed by atoms with Crippen LogP contribution in [0.1, 0.15) is 20.8 Å². The van der Waals surface area contributed by atoms with E-state index in [0.717, 1.165) is 18.8 Å². The number of nitrogens with zero attached hydrogens (tertiary/aromatic N) is 2. The highest BCUT2D eigenvalue weighted by atomic mass is 16.5. The van der Waals surface area contributed by atoms with Gasteiger partial charge in [-0.05, 0) is 48.5 Å². The maximum atomic E-state index is 12.5. The van der Waals surface area contributed by atoms with Crippen molar-refractivity contribution in [2.75, 3.05) is 36.5 Å². The molecule has 2 aromatic carbocycles. The summed E-state index contributed by atoms with van der Waals surface area (Å²) in [6.07, 6.45) is 1.60. The Bertz CT molecular complexity index is 1020. The summed E-state index contributed by atoms with van der Waals surface area (Å²) in [7, 11) is 0. The van der Waals surface area contributed by atoms with Crippen molar-refractivity contribution in [2.45, 2.75) is 0 Å². The molecule has 152 valence electrons. The molecule has 7 nitrogen and oxygen atoms in total. The average Bonchev–Trinajstić information content (AvgIpc) is 2.81. The number of hydrogen-bond donors (Lipinski definition) is 1. The minimum Gasteiger partial charge on any atom is -0.422 e. The fraction of sp³-hybridized carbons (Fsp3) is 0.174. The van der Waals surface area contributed by atoms with Gasteiger partial charge in [0.15, 0.2) is 5.69 Å². The SMILES string of the molecule is O=C(Nc1ccc(OC(=O)c2cc(N3CCOCC3)ccn2)cc1)c1ccccc1. The fourth-order valence-corrected chi connectivity index (χ4v) is 3.11. The third kappa shape index (κ3) is 4.82. The van der Waals surface area contributed by atoms with E-state index in [9.17, 15) is 9.59 Å². The molecule has 1 N–H and O–H groups in total. The summed E-state index contributed by atoms with van der Waals surface area (Å²) >= 11 is 0. The quantitative estimate of drug-likeness (QED) is 0.520. The van der Waals surface area contributed by atoms with Crippen molar-refractivity contribution in [1.29, 1.82) is 0 Å². The van der Waals surface area contributed by atoms with Crippen LogP contribution < -0.4 is 15.0 Å². The summed E-state index contributed by atoms with van der Waals surface area (Å²) in [5.74, 6) is -0.369. The molecule has 0 bridgehead atoms. The van der Waals surface area contributed by atoms with Crippen molar-refractivity contribution in [3.63, 3.8) is 0 Å². The van der Waals surface area contributed by atoms with Gasteiger partial charge in [-0.1, -0.05) is 18.2 Å². The standard InChI is InChI=1S/C23H21N3O4/c27-22(17-4-2-1-3-5-17)25-18-6-8-20(9-7-18)30-23(28)21-16-19(10-11-24-21)26-12-14-29-15-13-26/h1-11,16H,12-15H2,(H,25,27). The molecule has 1 amide bonds. The van der Waals surface area contributed by atoms with Crippen molar-refractivity contribution in [1.82, 2.24) is 4.98 Å². The predicted octanol–water partition coefficient (Wildman–Crippen LogP) is 3.39. The predicted molar refractivity (Wildman–Crippen MR) is 113 cm³/mol. The number of rotatable bonds is 5. The molecule has 0 saturated carbocycles. The van der Waals surface area contributed by atoms with Gasteiger partial charge in [0.25, 0.3) is 5.91 Å². The van der Waals surface area contributed by atoms with Gasteiger partial charge in [-0.25, -0.2) is 9.78 Å². The fourth-order valence-electron chi connectivity index (χ4n) is 3.11. The van der Waals surface area contributed by atoms with Gasteiger partial charge in [0.1, 0.15) is 5.75 Å². The van der Waals surface area contributed by atoms with Crippen LogP contribution in [-0.4, -0.2) is 43.2 Å². The Kier molecular flexibility index (Phi) is 6.01. The van der Waals surface area contributed by atoms with E-state index in [2.05, 4.69) is 15.2 Å². The Morgan fingerprint density at radius 2 is 1.70 bits per heavy atom. The molecule has 3 aromatic rings. The zero-order chi connectivity index (χ0) is 20.8. The van der Waals surface area contributed by atoms with Gasteiger partial charge in [0.2, 0.25) is 0 Å². The van der Waals surface area contributed by atoms with E-state index < -0.39 is 5.97 Å². The van der Waals surface area contributed by atoms with Crippen molar-refractivity contribution in [3.8, 4) is 5.75 Å². The molecule has 2 heterocycles. The molecule has 1 aliphatic heterocycles. The number of ether oxygens (including phenoxy) is 2. The number of benzene rings is 2. The first-order chi connectivity index (χ1) is 14.7. The summed E-state index contributed by atoms with van der Waals surface area (Å²) in [4.78, 5) is 31.0. The van der Waals surface area contributed by atoms with Crippen LogP contribution in [0.4, 0.5) is 11.4 Å². The molecule has 0 unspecified atom stereocenters. The number of carbonyl (C=O) groups is 2. The Morgan fingerprint density at radius 3 is 2.43 bits per heavy atom. The van der Waals surface area contributed by atoms with E-state index in [1.54, 1.807) is 60.8 Å². The zero-order valence-electron chi connectivity index (χ0n) is 16.3. The highest BCUT2D eigenvalue weighted by molar-refractivity contribution is 6.04. The first-order valence-corrected chi connectivity index (χ1v) is 9.66. The zero-order valence-corrected chi connectivity index (χ0v) is 16.3. The number of hydrogen-bond acceptors (Lipinski definition) is 6. The van der Waals surface area contributed by atoms with E-state index in [0.29, 0.717) is 30.2 Å². The maximum absolute atomic E-state index is 12.5. The maximum Gasteiger partial charge on any atom is 0.362 e. The number of esters is 1. The molecule has 30 heavy (non-hydrogen) atoms. The molecule has 0 atom stereocenters. The number of carbonyl (C=O) groups excluding carboxylic acids is 2. The molecular weight excluding hydrogens is 382 g/mol. The summed E-state index contributed by atoms with van der Waals surface area (Å²) in [5.41, 5.74) is 2.33. The molecule has 0 aliphatic carbocycles. The highest BCUT2D eigenvalue weighted by Crippen LogP contribution is 2.20. The normalized spacial score (nSPS) is 13.5. The third-order valence-corrected chi connectivity index (χ3v) is 4.69. The molecule has 1 aromatic heterocycles. The van der Waals surface area contributed by atoms with E-state index in [-0.39, 0.29) is 11.6 Å². The summed E-state index contributed by atoms with van der Waals surface area (Å²) in [6, 6.07) is 19.2. The second-order valence-electron chi connectivity index (χ2n) is 6.73. The van der Waals surface area contributed by atoms with Gasteiger partial charge in [-0.3, -0.25) is 4.79 Å². The largest absolute Gasteiger partial charge is 0.422 e. The van der Waals surface area contributed by atoms with Crippen LogP contribution in [-0.2, 0) is 4.74 Å². The van der Waals surface area contributed by atoms with Gasteiger partial charge in [-0.15, -0.1) is 0 Å². The summed E-state index contributed by atoms with van der Waals surface area (Å²) < 4.78 is 10.8. The Hall–Kier alpha value is -3.71. The Balaban J connectivity index is 1.38. The van der Waals surface area contributed by atoms with Crippen LogP contribution in [0.5, 0.6) is 5.75 Å². The lowest BCUT2D eigenvalue weighted by Crippen LogP contribution is -2.36. The lowest BCUT2D eigenvalue weighted by molar-refractivity contribution is 0.0728. The smallest absolute Gasteiger partial charge is 0.362 e. The van der Waals surface area contributed by atoms with Gasteiger partial charge < -0.3 is 19.7 Å². The average molecular weight is 403 g/mol. The minimum atomic E-state index is -0.536. The summed E-state index contributed by atoms with van der Waals surface area (Å²) in [5, 5.41) is 2.81. The molecule has 0 radical (unpaired) electrons. The topological polar surface area (TPSA) is 80.8 Å². The van der Waals surface area contributed by atoms with Crippen molar-refractivity contribution in [3.05, 3.63) is 84.2 Å². The molecule has 7 heteroatoms. The van der Waals surface area contributed by atoms with Crippen LogP contribution in [0.25, 0.3) is 0 Å². The van der Waals surface area contributed by atoms with Gasteiger partial charge in [0, 0.05) is 36.2 Å².